The summed E-state index contributed by atoms with van der Waals surface area (Å²) in [5.41, 5.74) is 8.12. The van der Waals surface area contributed by atoms with Crippen molar-refractivity contribution in [3.05, 3.63) is 22.5 Å². The monoisotopic (exact) mass is 360 g/mol. The van der Waals surface area contributed by atoms with E-state index in [9.17, 15) is 4.79 Å². The number of rotatable bonds is 5. The fraction of sp³-hybridized carbons (Fsp3) is 0.529. The molecule has 26 heavy (non-hydrogen) atoms. The van der Waals surface area contributed by atoms with Gasteiger partial charge in [0.15, 0.2) is 11.5 Å². The summed E-state index contributed by atoms with van der Waals surface area (Å²) in [6, 6.07) is 0. The predicted molar refractivity (Wildman–Crippen MR) is 102 cm³/mol. The summed E-state index contributed by atoms with van der Waals surface area (Å²) in [6.45, 7) is 3.72. The molecule has 2 heterocycles. The molecule has 140 valence electrons. The van der Waals surface area contributed by atoms with Crippen molar-refractivity contribution < 1.29 is 10.2 Å². The van der Waals surface area contributed by atoms with E-state index in [-0.39, 0.29) is 36.9 Å². The van der Waals surface area contributed by atoms with Gasteiger partial charge in [0.2, 0.25) is 0 Å². The number of aliphatic hydroxyl groups excluding tert-OH is 2. The molecule has 1 atom stereocenters. The molecule has 0 saturated carbocycles. The smallest absolute Gasteiger partial charge is 0.294 e. The first-order chi connectivity index (χ1) is 12.6. The van der Waals surface area contributed by atoms with Crippen molar-refractivity contribution in [2.45, 2.75) is 26.4 Å². The Morgan fingerprint density at radius 2 is 1.85 bits per heavy atom. The van der Waals surface area contributed by atoms with Gasteiger partial charge in [-0.2, -0.15) is 0 Å². The van der Waals surface area contributed by atoms with Gasteiger partial charge >= 0.3 is 0 Å². The van der Waals surface area contributed by atoms with E-state index in [4.69, 9.17) is 15.9 Å². The molecular formula is C17H24N6O3. The molecule has 1 aliphatic heterocycles. The van der Waals surface area contributed by atoms with Gasteiger partial charge in [0.25, 0.3) is 5.56 Å². The summed E-state index contributed by atoms with van der Waals surface area (Å²) in [7, 11) is 0. The SMILES string of the molecule is CC1C(=NCCO)C=CC(=Nc2c(N)n3n(c2=O)CCC3)C1=NCCO. The normalized spacial score (nSPS) is 24.1. The fourth-order valence-corrected chi connectivity index (χ4v) is 3.26. The predicted octanol–water partition coefficient (Wildman–Crippen LogP) is -0.219. The van der Waals surface area contributed by atoms with Gasteiger partial charge in [0.05, 0.1) is 37.7 Å². The van der Waals surface area contributed by atoms with Crippen LogP contribution in [0.4, 0.5) is 11.5 Å². The van der Waals surface area contributed by atoms with Gasteiger partial charge in [-0.05, 0) is 18.6 Å². The molecule has 0 spiro atoms. The Bertz CT molecular complexity index is 859. The van der Waals surface area contributed by atoms with Crippen molar-refractivity contribution in [2.24, 2.45) is 20.9 Å². The Morgan fingerprint density at radius 1 is 1.15 bits per heavy atom. The van der Waals surface area contributed by atoms with Crippen LogP contribution in [0.25, 0.3) is 0 Å². The van der Waals surface area contributed by atoms with E-state index in [1.54, 1.807) is 15.4 Å². The van der Waals surface area contributed by atoms with Crippen molar-refractivity contribution in [1.82, 2.24) is 9.36 Å². The average Bonchev–Trinajstić information content (AvgIpc) is 3.20. The van der Waals surface area contributed by atoms with E-state index >= 15 is 0 Å². The first-order valence-corrected chi connectivity index (χ1v) is 8.75. The maximum atomic E-state index is 12.6. The van der Waals surface area contributed by atoms with Gasteiger partial charge in [-0.25, -0.2) is 9.67 Å². The number of hydrogen-bond donors (Lipinski definition) is 3. The van der Waals surface area contributed by atoms with Crippen LogP contribution in [-0.4, -0.2) is 63.0 Å². The third kappa shape index (κ3) is 3.27. The molecule has 1 aliphatic carbocycles. The molecule has 4 N–H and O–H groups in total. The summed E-state index contributed by atoms with van der Waals surface area (Å²) in [6.07, 6.45) is 4.45. The molecule has 1 unspecified atom stereocenters. The van der Waals surface area contributed by atoms with Crippen LogP contribution in [0.1, 0.15) is 13.3 Å². The number of aromatic nitrogens is 2. The molecule has 0 fully saturated rings. The number of nitrogens with zero attached hydrogens (tertiary/aromatic N) is 5. The van der Waals surface area contributed by atoms with Crippen molar-refractivity contribution >= 4 is 28.6 Å². The van der Waals surface area contributed by atoms with E-state index in [2.05, 4.69) is 15.0 Å². The Labute approximate surface area is 150 Å². The average molecular weight is 360 g/mol. The van der Waals surface area contributed by atoms with Gasteiger partial charge in [-0.3, -0.25) is 19.5 Å². The lowest BCUT2D eigenvalue weighted by Gasteiger charge is -2.20. The molecule has 0 aromatic carbocycles. The Balaban J connectivity index is 2.05. The number of hydrogen-bond acceptors (Lipinski definition) is 7. The van der Waals surface area contributed by atoms with Gasteiger partial charge in [-0.1, -0.05) is 6.92 Å². The largest absolute Gasteiger partial charge is 0.394 e. The zero-order valence-corrected chi connectivity index (χ0v) is 14.8. The lowest BCUT2D eigenvalue weighted by Crippen LogP contribution is -2.31. The third-order valence-corrected chi connectivity index (χ3v) is 4.53. The number of fused-ring (bicyclic) bond motifs is 1. The molecule has 0 saturated heterocycles. The summed E-state index contributed by atoms with van der Waals surface area (Å²) in [4.78, 5) is 25.8. The van der Waals surface area contributed by atoms with Crippen molar-refractivity contribution in [2.75, 3.05) is 32.0 Å². The Hall–Kier alpha value is -2.52. The summed E-state index contributed by atoms with van der Waals surface area (Å²) >= 11 is 0. The van der Waals surface area contributed by atoms with Gasteiger partial charge in [0, 0.05) is 24.7 Å². The number of allylic oxidation sites excluding steroid dienone is 2. The van der Waals surface area contributed by atoms with E-state index in [0.29, 0.717) is 36.9 Å². The highest BCUT2D eigenvalue weighted by Crippen LogP contribution is 2.24. The molecule has 0 amide bonds. The maximum absolute atomic E-state index is 12.6. The van der Waals surface area contributed by atoms with Crippen molar-refractivity contribution in [3.8, 4) is 0 Å². The van der Waals surface area contributed by atoms with Gasteiger partial charge in [0.1, 0.15) is 0 Å². The molecule has 0 bridgehead atoms. The van der Waals surface area contributed by atoms with Crippen LogP contribution in [0, 0.1) is 5.92 Å². The molecule has 9 heteroatoms. The van der Waals surface area contributed by atoms with Crippen LogP contribution in [0.15, 0.2) is 31.9 Å². The standard InChI is InChI=1S/C17H24N6O3/c1-11-12(19-5-9-24)3-4-13(14(11)20-6-10-25)21-15-16(18)22-7-2-8-23(22)17(15)26/h3-4,11,24-25H,2,5-10,18H2,1H3. The van der Waals surface area contributed by atoms with Crippen LogP contribution in [0.3, 0.4) is 0 Å². The maximum Gasteiger partial charge on any atom is 0.294 e. The van der Waals surface area contributed by atoms with Crippen LogP contribution >= 0.6 is 0 Å². The molecule has 9 nitrogen and oxygen atoms in total. The highest BCUT2D eigenvalue weighted by molar-refractivity contribution is 6.53. The minimum atomic E-state index is -0.199. The highest BCUT2D eigenvalue weighted by Gasteiger charge is 2.26. The lowest BCUT2D eigenvalue weighted by molar-refractivity contribution is 0.307. The second-order valence-corrected chi connectivity index (χ2v) is 6.21. The van der Waals surface area contributed by atoms with E-state index in [1.807, 2.05) is 13.0 Å². The van der Waals surface area contributed by atoms with Crippen LogP contribution < -0.4 is 11.3 Å². The summed E-state index contributed by atoms with van der Waals surface area (Å²) in [5.74, 6) is 0.206. The third-order valence-electron chi connectivity index (χ3n) is 4.53. The van der Waals surface area contributed by atoms with Crippen LogP contribution in [0.2, 0.25) is 0 Å². The van der Waals surface area contributed by atoms with Crippen molar-refractivity contribution in [1.29, 1.82) is 0 Å². The van der Waals surface area contributed by atoms with Crippen LogP contribution in [-0.2, 0) is 13.1 Å². The lowest BCUT2D eigenvalue weighted by atomic mass is 9.90. The first kappa shape index (κ1) is 18.3. The molecule has 3 rings (SSSR count). The second kappa shape index (κ2) is 7.79. The minimum Gasteiger partial charge on any atom is -0.394 e. The highest BCUT2D eigenvalue weighted by atomic mass is 16.3. The minimum absolute atomic E-state index is 0.0300. The quantitative estimate of drug-likeness (QED) is 0.670. The molecule has 0 radical (unpaired) electrons. The number of aliphatic hydroxyl groups is 2. The van der Waals surface area contributed by atoms with E-state index in [0.717, 1.165) is 12.1 Å². The van der Waals surface area contributed by atoms with Gasteiger partial charge < -0.3 is 15.9 Å². The molecule has 1 aromatic rings. The van der Waals surface area contributed by atoms with E-state index in [1.165, 1.54) is 0 Å². The topological polar surface area (TPSA) is 130 Å². The first-order valence-electron chi connectivity index (χ1n) is 8.75. The zero-order valence-electron chi connectivity index (χ0n) is 14.8. The van der Waals surface area contributed by atoms with Crippen LogP contribution in [0.5, 0.6) is 0 Å². The van der Waals surface area contributed by atoms with Gasteiger partial charge in [-0.15, -0.1) is 0 Å². The fourth-order valence-electron chi connectivity index (χ4n) is 3.26. The molecule has 2 aliphatic rings. The van der Waals surface area contributed by atoms with Crippen molar-refractivity contribution in [3.63, 3.8) is 0 Å². The Kier molecular flexibility index (Phi) is 5.48. The molecular weight excluding hydrogens is 336 g/mol. The van der Waals surface area contributed by atoms with E-state index < -0.39 is 0 Å². The number of anilines is 1. The summed E-state index contributed by atoms with van der Waals surface area (Å²) < 4.78 is 3.37. The number of aliphatic imine (C=N–C) groups is 3. The summed E-state index contributed by atoms with van der Waals surface area (Å²) in [5, 5.41) is 18.1. The number of nitrogens with two attached hydrogens (primary N) is 1. The Morgan fingerprint density at radius 3 is 2.54 bits per heavy atom. The molecule has 1 aromatic heterocycles. The zero-order chi connectivity index (χ0) is 18.7. The second-order valence-electron chi connectivity index (χ2n) is 6.21. The number of nitrogen functional groups attached to an aromatic ring is 1.